The fourth-order valence-corrected chi connectivity index (χ4v) is 1.53. The monoisotopic (exact) mass is 376 g/mol. The second kappa shape index (κ2) is 21.8. The Kier molecular flexibility index (Phi) is 20.7. The van der Waals surface area contributed by atoms with Crippen LogP contribution in [0, 0.1) is 0 Å². The van der Waals surface area contributed by atoms with Crippen LogP contribution in [0.4, 0.5) is 0 Å². The van der Waals surface area contributed by atoms with Gasteiger partial charge in [-0.25, -0.2) is 4.79 Å². The number of hydrogen-bond acceptors (Lipinski definition) is 8. The van der Waals surface area contributed by atoms with Crippen LogP contribution in [-0.4, -0.2) is 91.9 Å². The quantitative estimate of drug-likeness (QED) is 0.127. The summed E-state index contributed by atoms with van der Waals surface area (Å²) in [4.78, 5) is 10.7. The van der Waals surface area contributed by atoms with Gasteiger partial charge < -0.3 is 33.2 Å². The smallest absolute Gasteiger partial charge is 0.330 e. The topological polar surface area (TPSA) is 81.7 Å². The van der Waals surface area contributed by atoms with Gasteiger partial charge in [0.05, 0.1) is 79.3 Å². The maximum absolute atomic E-state index is 10.7. The molecule has 0 saturated heterocycles. The highest BCUT2D eigenvalue weighted by molar-refractivity contribution is 5.81. The molecule has 0 spiro atoms. The minimum absolute atomic E-state index is 0.210. The third-order valence-electron chi connectivity index (χ3n) is 2.73. The Morgan fingerprint density at radius 1 is 0.577 bits per heavy atom. The van der Waals surface area contributed by atoms with Crippen LogP contribution in [0.15, 0.2) is 25.3 Å². The molecule has 0 amide bonds. The van der Waals surface area contributed by atoms with Gasteiger partial charge in [-0.1, -0.05) is 12.7 Å². The van der Waals surface area contributed by atoms with E-state index in [4.69, 9.17) is 33.2 Å². The van der Waals surface area contributed by atoms with E-state index in [-0.39, 0.29) is 6.61 Å². The predicted molar refractivity (Wildman–Crippen MR) is 96.3 cm³/mol. The molecular weight excluding hydrogens is 344 g/mol. The Balaban J connectivity index is 3.02. The second-order valence-electron chi connectivity index (χ2n) is 4.80. The molecule has 8 heteroatoms. The number of carbonyl (C=O) groups is 1. The lowest BCUT2D eigenvalue weighted by Crippen LogP contribution is -2.14. The van der Waals surface area contributed by atoms with E-state index in [0.717, 1.165) is 6.08 Å². The molecule has 0 aromatic heterocycles. The molecule has 8 nitrogen and oxygen atoms in total. The highest BCUT2D eigenvalue weighted by Crippen LogP contribution is 1.85. The van der Waals surface area contributed by atoms with Crippen LogP contribution in [0.25, 0.3) is 0 Å². The Morgan fingerprint density at radius 3 is 1.27 bits per heavy atom. The SMILES string of the molecule is C=CCOCCOCCOCCOCCOCCOCCOC(=O)C=C. The summed E-state index contributed by atoms with van der Waals surface area (Å²) in [6.07, 6.45) is 2.82. The van der Waals surface area contributed by atoms with Gasteiger partial charge in [-0.2, -0.15) is 0 Å². The Bertz CT molecular complexity index is 335. The molecule has 0 aromatic carbocycles. The molecule has 0 atom stereocenters. The molecule has 0 aromatic rings. The van der Waals surface area contributed by atoms with E-state index in [1.165, 1.54) is 0 Å². The first-order valence-corrected chi connectivity index (χ1v) is 8.67. The van der Waals surface area contributed by atoms with E-state index >= 15 is 0 Å². The van der Waals surface area contributed by atoms with Crippen molar-refractivity contribution in [2.75, 3.05) is 85.9 Å². The molecule has 0 heterocycles. The van der Waals surface area contributed by atoms with Crippen molar-refractivity contribution >= 4 is 5.97 Å². The van der Waals surface area contributed by atoms with E-state index < -0.39 is 5.97 Å². The summed E-state index contributed by atoms with van der Waals surface area (Å²) >= 11 is 0. The standard InChI is InChI=1S/C18H32O8/c1-3-5-20-6-7-21-8-9-22-10-11-23-12-13-24-14-15-25-16-17-26-18(19)4-2/h3-4H,1-2,5-17H2. The zero-order valence-corrected chi connectivity index (χ0v) is 15.5. The van der Waals surface area contributed by atoms with Gasteiger partial charge in [0.15, 0.2) is 0 Å². The number of ether oxygens (including phenoxy) is 7. The van der Waals surface area contributed by atoms with Gasteiger partial charge in [-0.05, 0) is 0 Å². The van der Waals surface area contributed by atoms with E-state index in [2.05, 4.69) is 13.2 Å². The van der Waals surface area contributed by atoms with Crippen LogP contribution >= 0.6 is 0 Å². The van der Waals surface area contributed by atoms with Crippen LogP contribution in [0.3, 0.4) is 0 Å². The molecule has 0 aliphatic rings. The molecular formula is C18H32O8. The van der Waals surface area contributed by atoms with Crippen molar-refractivity contribution in [1.82, 2.24) is 0 Å². The van der Waals surface area contributed by atoms with Gasteiger partial charge in [0.25, 0.3) is 0 Å². The van der Waals surface area contributed by atoms with Crippen molar-refractivity contribution in [3.8, 4) is 0 Å². The van der Waals surface area contributed by atoms with E-state index in [1.54, 1.807) is 6.08 Å². The molecule has 0 aliphatic carbocycles. The first kappa shape index (κ1) is 24.7. The van der Waals surface area contributed by atoms with Crippen molar-refractivity contribution in [3.63, 3.8) is 0 Å². The minimum atomic E-state index is -0.452. The fourth-order valence-electron chi connectivity index (χ4n) is 1.53. The molecule has 26 heavy (non-hydrogen) atoms. The van der Waals surface area contributed by atoms with E-state index in [9.17, 15) is 4.79 Å². The van der Waals surface area contributed by atoms with Crippen molar-refractivity contribution in [3.05, 3.63) is 25.3 Å². The third kappa shape index (κ3) is 20.8. The molecule has 0 fully saturated rings. The molecule has 0 aliphatic heterocycles. The van der Waals surface area contributed by atoms with Gasteiger partial charge >= 0.3 is 5.97 Å². The van der Waals surface area contributed by atoms with Crippen LogP contribution < -0.4 is 0 Å². The Morgan fingerprint density at radius 2 is 0.923 bits per heavy atom. The largest absolute Gasteiger partial charge is 0.460 e. The maximum Gasteiger partial charge on any atom is 0.330 e. The zero-order chi connectivity index (χ0) is 19.1. The number of rotatable bonds is 21. The zero-order valence-electron chi connectivity index (χ0n) is 15.5. The Hall–Kier alpha value is -1.29. The van der Waals surface area contributed by atoms with Gasteiger partial charge in [0, 0.05) is 6.08 Å². The summed E-state index contributed by atoms with van der Waals surface area (Å²) in [5.41, 5.74) is 0. The lowest BCUT2D eigenvalue weighted by molar-refractivity contribution is -0.139. The summed E-state index contributed by atoms with van der Waals surface area (Å²) < 4.78 is 36.5. The lowest BCUT2D eigenvalue weighted by Gasteiger charge is -2.08. The summed E-state index contributed by atoms with van der Waals surface area (Å²) in [5, 5.41) is 0. The summed E-state index contributed by atoms with van der Waals surface area (Å²) in [6, 6.07) is 0. The summed E-state index contributed by atoms with van der Waals surface area (Å²) in [5.74, 6) is -0.452. The van der Waals surface area contributed by atoms with Crippen molar-refractivity contribution in [1.29, 1.82) is 0 Å². The van der Waals surface area contributed by atoms with Crippen molar-refractivity contribution in [2.45, 2.75) is 0 Å². The molecule has 0 unspecified atom stereocenters. The van der Waals surface area contributed by atoms with Crippen LogP contribution in [-0.2, 0) is 38.0 Å². The number of carbonyl (C=O) groups excluding carboxylic acids is 1. The van der Waals surface area contributed by atoms with Gasteiger partial charge in [-0.3, -0.25) is 0 Å². The first-order valence-electron chi connectivity index (χ1n) is 8.67. The van der Waals surface area contributed by atoms with Crippen LogP contribution in [0.1, 0.15) is 0 Å². The summed E-state index contributed by atoms with van der Waals surface area (Å²) in [7, 11) is 0. The minimum Gasteiger partial charge on any atom is -0.460 e. The average Bonchev–Trinajstić information content (AvgIpc) is 2.66. The third-order valence-corrected chi connectivity index (χ3v) is 2.73. The molecule has 0 saturated carbocycles. The van der Waals surface area contributed by atoms with Gasteiger partial charge in [0.1, 0.15) is 6.61 Å². The normalized spacial score (nSPS) is 10.6. The molecule has 0 rings (SSSR count). The van der Waals surface area contributed by atoms with E-state index in [0.29, 0.717) is 79.3 Å². The van der Waals surface area contributed by atoms with Crippen LogP contribution in [0.5, 0.6) is 0 Å². The molecule has 0 radical (unpaired) electrons. The fraction of sp³-hybridized carbons (Fsp3) is 0.722. The van der Waals surface area contributed by atoms with E-state index in [1.807, 2.05) is 0 Å². The first-order chi connectivity index (χ1) is 12.8. The number of hydrogen-bond donors (Lipinski definition) is 0. The number of esters is 1. The Labute approximate surface area is 156 Å². The average molecular weight is 376 g/mol. The predicted octanol–water partition coefficient (Wildman–Crippen LogP) is 1.00. The van der Waals surface area contributed by atoms with Crippen molar-refractivity contribution in [2.24, 2.45) is 0 Å². The maximum atomic E-state index is 10.7. The van der Waals surface area contributed by atoms with Gasteiger partial charge in [-0.15, -0.1) is 6.58 Å². The van der Waals surface area contributed by atoms with Crippen LogP contribution in [0.2, 0.25) is 0 Å². The van der Waals surface area contributed by atoms with Crippen molar-refractivity contribution < 1.29 is 38.0 Å². The van der Waals surface area contributed by atoms with Gasteiger partial charge in [0.2, 0.25) is 0 Å². The molecule has 0 N–H and O–H groups in total. The molecule has 152 valence electrons. The highest BCUT2D eigenvalue weighted by Gasteiger charge is 1.96. The second-order valence-corrected chi connectivity index (χ2v) is 4.80. The lowest BCUT2D eigenvalue weighted by atomic mass is 10.6. The molecule has 0 bridgehead atoms. The highest BCUT2D eigenvalue weighted by atomic mass is 16.6. The summed E-state index contributed by atoms with van der Waals surface area (Å²) in [6.45, 7) is 13.0.